The zero-order chi connectivity index (χ0) is 16.7. The van der Waals surface area contributed by atoms with Crippen LogP contribution in [0.1, 0.15) is 35.2 Å². The summed E-state index contributed by atoms with van der Waals surface area (Å²) in [6.07, 6.45) is 2.44. The van der Waals surface area contributed by atoms with Crippen molar-refractivity contribution in [2.75, 3.05) is 6.26 Å². The number of ketones is 2. The summed E-state index contributed by atoms with van der Waals surface area (Å²) < 4.78 is 23.3. The lowest BCUT2D eigenvalue weighted by atomic mass is 9.91. The summed E-state index contributed by atoms with van der Waals surface area (Å²) in [5.41, 5.74) is 0.339. The number of allylic oxidation sites excluding steroid dienone is 2. The van der Waals surface area contributed by atoms with Crippen molar-refractivity contribution in [2.45, 2.75) is 31.1 Å². The van der Waals surface area contributed by atoms with Crippen molar-refractivity contribution in [1.82, 2.24) is 0 Å². The Morgan fingerprint density at radius 1 is 1.18 bits per heavy atom. The summed E-state index contributed by atoms with van der Waals surface area (Å²) in [5.74, 6) is -0.856. The molecular formula is C15H14Cl2O4S. The van der Waals surface area contributed by atoms with Gasteiger partial charge in [-0.05, 0) is 37.5 Å². The molecule has 1 aromatic carbocycles. The maximum Gasteiger partial charge on any atom is 0.199 e. The van der Waals surface area contributed by atoms with Crippen LogP contribution in [-0.4, -0.2) is 26.2 Å². The molecule has 1 aliphatic rings. The topological polar surface area (TPSA) is 68.3 Å². The molecule has 2 rings (SSSR count). The normalized spacial score (nSPS) is 16.1. The Kier molecular flexibility index (Phi) is 4.80. The summed E-state index contributed by atoms with van der Waals surface area (Å²) in [6.45, 7) is 1.52. The van der Waals surface area contributed by atoms with Crippen molar-refractivity contribution < 1.29 is 18.0 Å². The van der Waals surface area contributed by atoms with Crippen LogP contribution in [0.2, 0.25) is 5.02 Å². The standard InChI is InChI=1S/C15H14Cl2O4S/c1-8-12(22(2,20)21)7-6-9(14(8)17)15(19)13-10(16)4-3-5-11(13)18/h6-7H,3-5H2,1-2H3. The first-order valence-electron chi connectivity index (χ1n) is 6.60. The van der Waals surface area contributed by atoms with E-state index in [1.807, 2.05) is 0 Å². The third-order valence-corrected chi connectivity index (χ3v) is 5.66. The van der Waals surface area contributed by atoms with Crippen LogP contribution >= 0.6 is 23.2 Å². The second-order valence-electron chi connectivity index (χ2n) is 5.21. The first kappa shape index (κ1) is 17.2. The van der Waals surface area contributed by atoms with Crippen LogP contribution in [0.5, 0.6) is 0 Å². The maximum atomic E-state index is 12.6. The molecule has 0 unspecified atom stereocenters. The van der Waals surface area contributed by atoms with Gasteiger partial charge in [-0.2, -0.15) is 0 Å². The molecule has 4 nitrogen and oxygen atoms in total. The van der Waals surface area contributed by atoms with Gasteiger partial charge >= 0.3 is 0 Å². The van der Waals surface area contributed by atoms with Crippen LogP contribution in [0.15, 0.2) is 27.6 Å². The first-order valence-corrected chi connectivity index (χ1v) is 9.25. The van der Waals surface area contributed by atoms with Crippen molar-refractivity contribution >= 4 is 44.6 Å². The molecule has 0 N–H and O–H groups in total. The van der Waals surface area contributed by atoms with Gasteiger partial charge in [0.15, 0.2) is 21.4 Å². The molecule has 0 aliphatic heterocycles. The number of sulfone groups is 1. The smallest absolute Gasteiger partial charge is 0.199 e. The third-order valence-electron chi connectivity index (χ3n) is 3.56. The number of halogens is 2. The molecule has 0 aromatic heterocycles. The second-order valence-corrected chi connectivity index (χ2v) is 8.03. The van der Waals surface area contributed by atoms with E-state index < -0.39 is 15.6 Å². The van der Waals surface area contributed by atoms with E-state index in [4.69, 9.17) is 23.2 Å². The van der Waals surface area contributed by atoms with Crippen LogP contribution < -0.4 is 0 Å². The van der Waals surface area contributed by atoms with Gasteiger partial charge < -0.3 is 0 Å². The molecule has 0 bridgehead atoms. The van der Waals surface area contributed by atoms with Crippen LogP contribution in [0.3, 0.4) is 0 Å². The van der Waals surface area contributed by atoms with Gasteiger partial charge in [-0.25, -0.2) is 8.42 Å². The van der Waals surface area contributed by atoms with E-state index >= 15 is 0 Å². The number of hydrogen-bond donors (Lipinski definition) is 0. The predicted octanol–water partition coefficient (Wildman–Crippen LogP) is 3.48. The van der Waals surface area contributed by atoms with Crippen LogP contribution in [0.4, 0.5) is 0 Å². The molecule has 0 spiro atoms. The molecule has 7 heteroatoms. The SMILES string of the molecule is Cc1c(S(C)(=O)=O)ccc(C(=O)C2=C(Cl)CCCC2=O)c1Cl. The molecule has 22 heavy (non-hydrogen) atoms. The average Bonchev–Trinajstić information content (AvgIpc) is 2.40. The van der Waals surface area contributed by atoms with Crippen molar-refractivity contribution in [1.29, 1.82) is 0 Å². The highest BCUT2D eigenvalue weighted by Gasteiger charge is 2.29. The van der Waals surface area contributed by atoms with E-state index in [9.17, 15) is 18.0 Å². The van der Waals surface area contributed by atoms with Gasteiger partial charge in [0, 0.05) is 23.3 Å². The molecule has 0 fully saturated rings. The second kappa shape index (κ2) is 6.14. The fraction of sp³-hybridized carbons (Fsp3) is 0.333. The van der Waals surface area contributed by atoms with E-state index in [1.54, 1.807) is 0 Å². The molecule has 0 radical (unpaired) electrons. The third kappa shape index (κ3) is 3.12. The largest absolute Gasteiger partial charge is 0.294 e. The minimum Gasteiger partial charge on any atom is -0.294 e. The number of Topliss-reactive ketones (excluding diaryl/α,β-unsaturated/α-hetero) is 2. The Labute approximate surface area is 139 Å². The molecule has 0 amide bonds. The van der Waals surface area contributed by atoms with Crippen molar-refractivity contribution in [2.24, 2.45) is 0 Å². The minimum atomic E-state index is -3.45. The molecule has 1 aromatic rings. The Bertz CT molecular complexity index is 807. The first-order chi connectivity index (χ1) is 10.1. The Hall–Kier alpha value is -1.17. The van der Waals surface area contributed by atoms with E-state index in [0.717, 1.165) is 6.26 Å². The van der Waals surface area contributed by atoms with E-state index in [0.29, 0.717) is 12.8 Å². The van der Waals surface area contributed by atoms with Gasteiger partial charge in [-0.1, -0.05) is 23.2 Å². The minimum absolute atomic E-state index is 0.0308. The average molecular weight is 361 g/mol. The van der Waals surface area contributed by atoms with Gasteiger partial charge in [-0.15, -0.1) is 0 Å². The van der Waals surface area contributed by atoms with Gasteiger partial charge in [0.1, 0.15) is 0 Å². The lowest BCUT2D eigenvalue weighted by Crippen LogP contribution is -2.19. The summed E-state index contributed by atoms with van der Waals surface area (Å²) in [6, 6.07) is 2.65. The fourth-order valence-corrected chi connectivity index (χ4v) is 4.04. The quantitative estimate of drug-likeness (QED) is 0.611. The summed E-state index contributed by atoms with van der Waals surface area (Å²) in [4.78, 5) is 24.6. The van der Waals surface area contributed by atoms with Crippen molar-refractivity contribution in [3.63, 3.8) is 0 Å². The Morgan fingerprint density at radius 3 is 2.36 bits per heavy atom. The van der Waals surface area contributed by atoms with Gasteiger partial charge in [0.05, 0.1) is 15.5 Å². The molecule has 0 heterocycles. The van der Waals surface area contributed by atoms with Crippen LogP contribution in [0, 0.1) is 6.92 Å². The van der Waals surface area contributed by atoms with E-state index in [1.165, 1.54) is 19.1 Å². The summed E-state index contributed by atoms with van der Waals surface area (Å²) >= 11 is 12.2. The Morgan fingerprint density at radius 2 is 1.82 bits per heavy atom. The highest BCUT2D eigenvalue weighted by atomic mass is 35.5. The lowest BCUT2D eigenvalue weighted by Gasteiger charge is -2.16. The predicted molar refractivity (Wildman–Crippen MR) is 85.4 cm³/mol. The lowest BCUT2D eigenvalue weighted by molar-refractivity contribution is -0.115. The molecule has 1 aliphatic carbocycles. The Balaban J connectivity index is 2.57. The number of carbonyl (C=O) groups is 2. The van der Waals surface area contributed by atoms with Crippen LogP contribution in [-0.2, 0) is 14.6 Å². The number of benzene rings is 1. The molecule has 118 valence electrons. The molecule has 0 atom stereocenters. The summed E-state index contributed by atoms with van der Waals surface area (Å²) in [7, 11) is -3.45. The van der Waals surface area contributed by atoms with Gasteiger partial charge in [-0.3, -0.25) is 9.59 Å². The van der Waals surface area contributed by atoms with Crippen molar-refractivity contribution in [3.8, 4) is 0 Å². The zero-order valence-electron chi connectivity index (χ0n) is 12.1. The molecule has 0 saturated carbocycles. The summed E-state index contributed by atoms with van der Waals surface area (Å²) in [5, 5.41) is 0.269. The van der Waals surface area contributed by atoms with Crippen molar-refractivity contribution in [3.05, 3.63) is 38.9 Å². The van der Waals surface area contributed by atoms with E-state index in [-0.39, 0.29) is 43.9 Å². The van der Waals surface area contributed by atoms with E-state index in [2.05, 4.69) is 0 Å². The number of hydrogen-bond acceptors (Lipinski definition) is 4. The number of carbonyl (C=O) groups excluding carboxylic acids is 2. The monoisotopic (exact) mass is 360 g/mol. The molecular weight excluding hydrogens is 347 g/mol. The van der Waals surface area contributed by atoms with Crippen LogP contribution in [0.25, 0.3) is 0 Å². The van der Waals surface area contributed by atoms with Gasteiger partial charge in [0.25, 0.3) is 0 Å². The fourth-order valence-electron chi connectivity index (χ4n) is 2.43. The highest BCUT2D eigenvalue weighted by molar-refractivity contribution is 7.90. The maximum absolute atomic E-state index is 12.6. The highest BCUT2D eigenvalue weighted by Crippen LogP contribution is 2.32. The van der Waals surface area contributed by atoms with Gasteiger partial charge in [0.2, 0.25) is 0 Å². The molecule has 0 saturated heterocycles. The number of rotatable bonds is 3. The zero-order valence-corrected chi connectivity index (χ0v) is 14.4.